The van der Waals surface area contributed by atoms with E-state index in [9.17, 15) is 0 Å². The van der Waals surface area contributed by atoms with Gasteiger partial charge in [0.1, 0.15) is 0 Å². The molecule has 2 aliphatic rings. The topological polar surface area (TPSA) is 13.0 Å². The maximum atomic E-state index is 2.61. The molecule has 0 N–H and O–H groups in total. The molecule has 9 aromatic carbocycles. The van der Waals surface area contributed by atoms with Crippen LogP contribution in [0.25, 0.3) is 43.1 Å². The normalized spacial score (nSPS) is 15.4. The smallest absolute Gasteiger partial charge is 0.0462 e. The molecular weight excluding hydrogens is 1050 g/mol. The van der Waals surface area contributed by atoms with Gasteiger partial charge in [-0.2, -0.15) is 0 Å². The number of anilines is 9. The summed E-state index contributed by atoms with van der Waals surface area (Å²) in [6.45, 7) is 4.35. The number of thiophene rings is 2. The highest BCUT2D eigenvalue weighted by Crippen LogP contribution is 2.43. The Balaban J connectivity index is 0.648. The Morgan fingerprint density at radius 1 is 0.289 bits per heavy atom. The minimum absolute atomic E-state index is 0.415. The summed E-state index contributed by atoms with van der Waals surface area (Å²) in [6, 6.07) is 95.8. The molecule has 2 aliphatic carbocycles. The van der Waals surface area contributed by atoms with Gasteiger partial charge in [0.05, 0.1) is 0 Å². The summed E-state index contributed by atoms with van der Waals surface area (Å²) in [5.74, 6) is 0.545. The molecule has 0 unspecified atom stereocenters. The highest BCUT2D eigenvalue weighted by molar-refractivity contribution is 7.15. The Labute approximate surface area is 500 Å². The molecule has 0 spiro atoms. The monoisotopic (exact) mass is 1120 g/mol. The summed E-state index contributed by atoms with van der Waals surface area (Å²) in [5, 5.41) is 0. The van der Waals surface area contributed by atoms with Gasteiger partial charge in [0.25, 0.3) is 0 Å². The van der Waals surface area contributed by atoms with Crippen LogP contribution in [-0.4, -0.2) is 19.1 Å². The van der Waals surface area contributed by atoms with Gasteiger partial charge in [-0.3, -0.25) is 0 Å². The summed E-state index contributed by atoms with van der Waals surface area (Å²) in [5.41, 5.74) is 19.7. The van der Waals surface area contributed by atoms with Crippen molar-refractivity contribution in [3.8, 4) is 43.1 Å². The summed E-state index contributed by atoms with van der Waals surface area (Å²) in [4.78, 5) is 15.2. The fourth-order valence-electron chi connectivity index (χ4n) is 12.9. The van der Waals surface area contributed by atoms with Crippen molar-refractivity contribution in [3.05, 3.63) is 270 Å². The Morgan fingerprint density at radius 2 is 0.614 bits per heavy atom. The molecule has 2 fully saturated rings. The number of hydrogen-bond acceptors (Lipinski definition) is 6. The van der Waals surface area contributed by atoms with Crippen molar-refractivity contribution >= 4 is 73.9 Å². The third-order valence-electron chi connectivity index (χ3n) is 17.5. The van der Waals surface area contributed by atoms with Crippen LogP contribution in [0, 0.1) is 13.8 Å². The molecule has 0 radical (unpaired) electrons. The fraction of sp³-hybridized carbons (Fsp3) is 0.195. The predicted molar refractivity (Wildman–Crippen MR) is 358 cm³/mol. The molecule has 13 rings (SSSR count). The zero-order chi connectivity index (χ0) is 56.1. The van der Waals surface area contributed by atoms with Crippen LogP contribution >= 0.6 is 22.7 Å². The van der Waals surface area contributed by atoms with Gasteiger partial charge in [0, 0.05) is 89.8 Å². The molecule has 0 bridgehead atoms. The SMILES string of the molecule is Cc1ccc(-c2ccc(N(c3ccccc3)c3ccc(-c4ccc(N(c5ccccc5)C5CCC(c6ccc(N(C)c7ccc(-c8ccc(N(c9ccc(-c%10ccc(C)s%10)cc9)C9CCCCC9)cc8)cc7)cc6)CC5)cc4)cc3)cc2)s1. The van der Waals surface area contributed by atoms with Gasteiger partial charge in [-0.25, -0.2) is 0 Å². The molecule has 4 nitrogen and oxygen atoms in total. The van der Waals surface area contributed by atoms with Crippen LogP contribution in [-0.2, 0) is 0 Å². The molecule has 0 amide bonds. The minimum atomic E-state index is 0.415. The first-order valence-corrected chi connectivity index (χ1v) is 31.6. The van der Waals surface area contributed by atoms with Crippen LogP contribution in [0.3, 0.4) is 0 Å². The van der Waals surface area contributed by atoms with Crippen LogP contribution in [0.4, 0.5) is 51.2 Å². The molecule has 412 valence electrons. The molecule has 11 aromatic rings. The van der Waals surface area contributed by atoms with Gasteiger partial charge < -0.3 is 19.6 Å². The number of aryl methyl sites for hydroxylation is 2. The van der Waals surface area contributed by atoms with E-state index in [0.717, 1.165) is 42.7 Å². The van der Waals surface area contributed by atoms with E-state index in [4.69, 9.17) is 0 Å². The van der Waals surface area contributed by atoms with E-state index >= 15 is 0 Å². The molecule has 2 aromatic heterocycles. The number of nitrogens with zero attached hydrogens (tertiary/aromatic N) is 4. The summed E-state index contributed by atoms with van der Waals surface area (Å²) in [6.07, 6.45) is 11.0. The first-order chi connectivity index (χ1) is 40.8. The number of benzene rings is 9. The van der Waals surface area contributed by atoms with Crippen LogP contribution in [0.15, 0.2) is 255 Å². The molecule has 0 saturated heterocycles. The van der Waals surface area contributed by atoms with Crippen LogP contribution in [0.2, 0.25) is 0 Å². The van der Waals surface area contributed by atoms with Gasteiger partial charge in [-0.15, -0.1) is 22.7 Å². The van der Waals surface area contributed by atoms with E-state index in [1.54, 1.807) is 0 Å². The Hall–Kier alpha value is -8.42. The first kappa shape index (κ1) is 53.9. The van der Waals surface area contributed by atoms with Crippen molar-refractivity contribution in [3.63, 3.8) is 0 Å². The molecule has 0 aliphatic heterocycles. The lowest BCUT2D eigenvalue weighted by atomic mass is 9.81. The van der Waals surface area contributed by atoms with Crippen molar-refractivity contribution in [2.24, 2.45) is 0 Å². The molecule has 83 heavy (non-hydrogen) atoms. The first-order valence-electron chi connectivity index (χ1n) is 29.9. The van der Waals surface area contributed by atoms with E-state index in [1.165, 1.54) is 125 Å². The lowest BCUT2D eigenvalue weighted by Crippen LogP contribution is -2.34. The highest BCUT2D eigenvalue weighted by atomic mass is 32.1. The Morgan fingerprint density at radius 3 is 1.01 bits per heavy atom. The fourth-order valence-corrected chi connectivity index (χ4v) is 14.7. The zero-order valence-electron chi connectivity index (χ0n) is 48.0. The third-order valence-corrected chi connectivity index (χ3v) is 19.6. The van der Waals surface area contributed by atoms with Crippen LogP contribution in [0.1, 0.15) is 79.0 Å². The van der Waals surface area contributed by atoms with Crippen molar-refractivity contribution in [2.75, 3.05) is 26.6 Å². The number of rotatable bonds is 16. The van der Waals surface area contributed by atoms with Crippen molar-refractivity contribution in [1.29, 1.82) is 0 Å². The number of para-hydroxylation sites is 2. The molecule has 2 heterocycles. The quantitative estimate of drug-likeness (QED) is 0.0956. The second-order valence-corrected chi connectivity index (χ2v) is 25.4. The van der Waals surface area contributed by atoms with Gasteiger partial charge in [-0.05, 0) is 231 Å². The second-order valence-electron chi connectivity index (χ2n) is 22.8. The van der Waals surface area contributed by atoms with E-state index in [1.807, 2.05) is 22.7 Å². The molecular formula is C77H72N4S2. The average Bonchev–Trinajstić information content (AvgIpc) is 4.23. The van der Waals surface area contributed by atoms with Gasteiger partial charge in [-0.1, -0.05) is 141 Å². The maximum absolute atomic E-state index is 2.61. The summed E-state index contributed by atoms with van der Waals surface area (Å²) < 4.78 is 0. The van der Waals surface area contributed by atoms with Gasteiger partial charge in [0.2, 0.25) is 0 Å². The standard InChI is InChI=1S/C77H72N4S2/c1-55-19-53-76(82-55)63-33-49-74(50-34-63)80(68-15-9-5-10-16-68)72-43-27-60(28-44-72)58-23-39-66(40-24-58)78(3)65-37-21-57(22-38-65)59-25-41-70(42-26-59)79(67-13-7-4-8-14-67)71-45-29-61(30-46-71)62-31-47-73(48-32-62)81(69-17-11-6-12-18-69)75-51-35-64(36-52-75)77-54-20-56(2)83-77/h4,6-8,11-14,17-24,27-40,43-54,59,68,70H,5,9-10,15-16,25-26,41-42H2,1-3H3. The lowest BCUT2D eigenvalue weighted by molar-refractivity contribution is 0.392. The molecule has 6 heteroatoms. The third kappa shape index (κ3) is 12.0. The summed E-state index contributed by atoms with van der Waals surface area (Å²) in [7, 11) is 2.19. The predicted octanol–water partition coefficient (Wildman–Crippen LogP) is 22.7. The molecule has 0 atom stereocenters. The van der Waals surface area contributed by atoms with E-state index < -0.39 is 0 Å². The van der Waals surface area contributed by atoms with Gasteiger partial charge >= 0.3 is 0 Å². The summed E-state index contributed by atoms with van der Waals surface area (Å²) >= 11 is 3.71. The van der Waals surface area contributed by atoms with Crippen molar-refractivity contribution in [1.82, 2.24) is 0 Å². The van der Waals surface area contributed by atoms with Crippen molar-refractivity contribution in [2.45, 2.75) is 89.6 Å². The molecule has 2 saturated carbocycles. The highest BCUT2D eigenvalue weighted by Gasteiger charge is 2.29. The zero-order valence-corrected chi connectivity index (χ0v) is 49.6. The van der Waals surface area contributed by atoms with Gasteiger partial charge in [0.15, 0.2) is 0 Å². The van der Waals surface area contributed by atoms with E-state index in [-0.39, 0.29) is 0 Å². The lowest BCUT2D eigenvalue weighted by Gasteiger charge is -2.39. The number of hydrogen-bond donors (Lipinski definition) is 0. The largest absolute Gasteiger partial charge is 0.345 e. The second kappa shape index (κ2) is 24.6. The Bertz CT molecular complexity index is 3840. The Kier molecular flexibility index (Phi) is 16.0. The van der Waals surface area contributed by atoms with Crippen LogP contribution < -0.4 is 19.6 Å². The van der Waals surface area contributed by atoms with E-state index in [2.05, 4.69) is 295 Å². The van der Waals surface area contributed by atoms with Crippen molar-refractivity contribution < 1.29 is 0 Å². The maximum Gasteiger partial charge on any atom is 0.0462 e. The minimum Gasteiger partial charge on any atom is -0.345 e. The average molecular weight is 1120 g/mol. The van der Waals surface area contributed by atoms with Crippen LogP contribution in [0.5, 0.6) is 0 Å². The van der Waals surface area contributed by atoms with E-state index in [0.29, 0.717) is 18.0 Å².